The van der Waals surface area contributed by atoms with Crippen molar-refractivity contribution in [1.82, 2.24) is 0 Å². The van der Waals surface area contributed by atoms with Crippen molar-refractivity contribution in [3.8, 4) is 0 Å². The molecule has 2 aliphatic heterocycles. The predicted octanol–water partition coefficient (Wildman–Crippen LogP) is 1.44. The van der Waals surface area contributed by atoms with Gasteiger partial charge in [-0.3, -0.25) is 4.79 Å². The molecule has 0 saturated carbocycles. The van der Waals surface area contributed by atoms with Gasteiger partial charge in [0.15, 0.2) is 5.78 Å². The lowest BCUT2D eigenvalue weighted by atomic mass is 9.96. The van der Waals surface area contributed by atoms with E-state index in [1.807, 2.05) is 12.2 Å². The van der Waals surface area contributed by atoms with E-state index in [4.69, 9.17) is 4.74 Å². The van der Waals surface area contributed by atoms with Gasteiger partial charge in [-0.2, -0.15) is 0 Å². The fraction of sp³-hybridized carbons (Fsp3) is 0.625. The smallest absolute Gasteiger partial charge is 0.175 e. The zero-order valence-electron chi connectivity index (χ0n) is 6.00. The van der Waals surface area contributed by atoms with E-state index < -0.39 is 0 Å². The van der Waals surface area contributed by atoms with Crippen LogP contribution in [0.4, 0.5) is 0 Å². The molecule has 0 N–H and O–H groups in total. The summed E-state index contributed by atoms with van der Waals surface area (Å²) in [4.78, 5) is 11.3. The van der Waals surface area contributed by atoms with Gasteiger partial charge in [-0.05, 0) is 12.8 Å². The number of rotatable bonds is 0. The molecule has 2 bridgehead atoms. The van der Waals surface area contributed by atoms with E-state index in [9.17, 15) is 4.79 Å². The topological polar surface area (TPSA) is 26.3 Å². The van der Waals surface area contributed by atoms with Crippen LogP contribution in [0.2, 0.25) is 0 Å². The van der Waals surface area contributed by atoms with Crippen molar-refractivity contribution in [3.05, 3.63) is 12.2 Å². The summed E-state index contributed by atoms with van der Waals surface area (Å²) in [5.41, 5.74) is 0. The minimum Gasteiger partial charge on any atom is -0.363 e. The van der Waals surface area contributed by atoms with E-state index in [2.05, 4.69) is 15.9 Å². The third-order valence-corrected chi connectivity index (χ3v) is 2.93. The minimum absolute atomic E-state index is 0.0104. The largest absolute Gasteiger partial charge is 0.363 e. The Morgan fingerprint density at radius 3 is 3.27 bits per heavy atom. The molecule has 1 fully saturated rings. The highest BCUT2D eigenvalue weighted by atomic mass is 79.9. The maximum Gasteiger partial charge on any atom is 0.175 e. The second-order valence-corrected chi connectivity index (χ2v) is 4.04. The SMILES string of the molecule is O=C1C(Br)CC2C=CCC1O2. The molecule has 0 spiro atoms. The first kappa shape index (κ1) is 7.50. The number of fused-ring (bicyclic) bond motifs is 2. The Bertz CT molecular complexity index is 212. The molecule has 0 aromatic heterocycles. The number of carbonyl (C=O) groups is 1. The van der Waals surface area contributed by atoms with Crippen molar-refractivity contribution in [3.63, 3.8) is 0 Å². The summed E-state index contributed by atoms with van der Waals surface area (Å²) < 4.78 is 5.44. The molecule has 0 amide bonds. The van der Waals surface area contributed by atoms with Crippen molar-refractivity contribution in [2.45, 2.75) is 29.9 Å². The molecule has 60 valence electrons. The summed E-state index contributed by atoms with van der Waals surface area (Å²) >= 11 is 3.35. The third kappa shape index (κ3) is 1.27. The summed E-state index contributed by atoms with van der Waals surface area (Å²) in [5.74, 6) is 0.200. The quantitative estimate of drug-likeness (QED) is 0.453. The van der Waals surface area contributed by atoms with Crippen LogP contribution in [0, 0.1) is 0 Å². The first-order valence-electron chi connectivity index (χ1n) is 3.77. The Labute approximate surface area is 73.7 Å². The van der Waals surface area contributed by atoms with E-state index in [0.29, 0.717) is 0 Å². The molecule has 0 aromatic rings. The van der Waals surface area contributed by atoms with Gasteiger partial charge in [0.25, 0.3) is 0 Å². The fourth-order valence-corrected chi connectivity index (χ4v) is 2.17. The second-order valence-electron chi connectivity index (χ2n) is 2.93. The maximum atomic E-state index is 11.3. The van der Waals surface area contributed by atoms with Gasteiger partial charge in [-0.25, -0.2) is 0 Å². The zero-order valence-corrected chi connectivity index (χ0v) is 7.58. The number of ketones is 1. The van der Waals surface area contributed by atoms with Gasteiger partial charge in [-0.1, -0.05) is 28.1 Å². The Hall–Kier alpha value is -0.150. The molecular formula is C8H9BrO2. The number of Topliss-reactive ketones (excluding diaryl/α,β-unsaturated/α-hetero) is 1. The molecule has 3 unspecified atom stereocenters. The van der Waals surface area contributed by atoms with Crippen LogP contribution in [0.5, 0.6) is 0 Å². The third-order valence-electron chi connectivity index (χ3n) is 2.11. The van der Waals surface area contributed by atoms with Gasteiger partial charge < -0.3 is 4.74 Å². The predicted molar refractivity (Wildman–Crippen MR) is 44.8 cm³/mol. The highest BCUT2D eigenvalue weighted by Gasteiger charge is 2.35. The lowest BCUT2D eigenvalue weighted by Crippen LogP contribution is -2.43. The summed E-state index contributed by atoms with van der Waals surface area (Å²) in [6.45, 7) is 0. The summed E-state index contributed by atoms with van der Waals surface area (Å²) in [6, 6.07) is 0. The van der Waals surface area contributed by atoms with Crippen LogP contribution >= 0.6 is 15.9 Å². The number of hydrogen-bond donors (Lipinski definition) is 0. The van der Waals surface area contributed by atoms with E-state index in [0.717, 1.165) is 12.8 Å². The van der Waals surface area contributed by atoms with Crippen LogP contribution in [-0.4, -0.2) is 22.8 Å². The standard InChI is InChI=1S/C8H9BrO2/c9-6-4-5-2-1-3-7(11-5)8(6)10/h1-2,5-7H,3-4H2. The average Bonchev–Trinajstić information content (AvgIpc) is 2.01. The van der Waals surface area contributed by atoms with Gasteiger partial charge in [0.05, 0.1) is 10.9 Å². The summed E-state index contributed by atoms with van der Waals surface area (Å²) in [5, 5.41) is 0. The van der Waals surface area contributed by atoms with Crippen LogP contribution < -0.4 is 0 Å². The van der Waals surface area contributed by atoms with Crippen LogP contribution in [0.15, 0.2) is 12.2 Å². The molecule has 3 atom stereocenters. The molecule has 0 radical (unpaired) electrons. The fourth-order valence-electron chi connectivity index (χ4n) is 1.51. The highest BCUT2D eigenvalue weighted by Crippen LogP contribution is 2.27. The monoisotopic (exact) mass is 216 g/mol. The normalized spacial score (nSPS) is 42.6. The highest BCUT2D eigenvalue weighted by molar-refractivity contribution is 9.10. The Morgan fingerprint density at radius 1 is 1.64 bits per heavy atom. The lowest BCUT2D eigenvalue weighted by molar-refractivity contribution is -0.139. The lowest BCUT2D eigenvalue weighted by Gasteiger charge is -2.32. The van der Waals surface area contributed by atoms with Crippen molar-refractivity contribution in [2.24, 2.45) is 0 Å². The Kier molecular flexibility index (Phi) is 1.85. The van der Waals surface area contributed by atoms with Crippen LogP contribution in [0.3, 0.4) is 0 Å². The first-order valence-corrected chi connectivity index (χ1v) is 4.69. The molecule has 2 heterocycles. The van der Waals surface area contributed by atoms with Crippen LogP contribution in [-0.2, 0) is 9.53 Å². The molecule has 1 saturated heterocycles. The molecule has 2 aliphatic rings. The molecule has 11 heavy (non-hydrogen) atoms. The summed E-state index contributed by atoms with van der Waals surface area (Å²) in [7, 11) is 0. The first-order chi connectivity index (χ1) is 5.27. The molecule has 0 aliphatic carbocycles. The van der Waals surface area contributed by atoms with Crippen molar-refractivity contribution in [2.75, 3.05) is 0 Å². The summed E-state index contributed by atoms with van der Waals surface area (Å²) in [6.07, 6.45) is 5.59. The van der Waals surface area contributed by atoms with Crippen molar-refractivity contribution in [1.29, 1.82) is 0 Å². The molecule has 3 heteroatoms. The van der Waals surface area contributed by atoms with Gasteiger partial charge in [0, 0.05) is 0 Å². The number of alkyl halides is 1. The Morgan fingerprint density at radius 2 is 2.45 bits per heavy atom. The minimum atomic E-state index is -0.178. The maximum absolute atomic E-state index is 11.3. The number of carbonyl (C=O) groups excluding carboxylic acids is 1. The van der Waals surface area contributed by atoms with E-state index >= 15 is 0 Å². The van der Waals surface area contributed by atoms with E-state index in [1.165, 1.54) is 0 Å². The van der Waals surface area contributed by atoms with Crippen molar-refractivity contribution < 1.29 is 9.53 Å². The van der Waals surface area contributed by atoms with Gasteiger partial charge >= 0.3 is 0 Å². The van der Waals surface area contributed by atoms with Crippen LogP contribution in [0.1, 0.15) is 12.8 Å². The molecular weight excluding hydrogens is 208 g/mol. The Balaban J connectivity index is 2.21. The number of halogens is 1. The number of hydrogen-bond acceptors (Lipinski definition) is 2. The van der Waals surface area contributed by atoms with Gasteiger partial charge in [0.2, 0.25) is 0 Å². The van der Waals surface area contributed by atoms with Gasteiger partial charge in [0.1, 0.15) is 6.10 Å². The van der Waals surface area contributed by atoms with Crippen molar-refractivity contribution >= 4 is 21.7 Å². The van der Waals surface area contributed by atoms with Crippen LogP contribution in [0.25, 0.3) is 0 Å². The molecule has 2 nitrogen and oxygen atoms in total. The molecule has 0 aromatic carbocycles. The average molecular weight is 217 g/mol. The molecule has 2 rings (SSSR count). The van der Waals surface area contributed by atoms with E-state index in [1.54, 1.807) is 0 Å². The zero-order chi connectivity index (χ0) is 7.84. The number of ether oxygens (including phenoxy) is 1. The second kappa shape index (κ2) is 2.72. The van der Waals surface area contributed by atoms with E-state index in [-0.39, 0.29) is 22.8 Å². The van der Waals surface area contributed by atoms with Gasteiger partial charge in [-0.15, -0.1) is 0 Å².